The number of nitrogens with zero attached hydrogens (tertiary/aromatic N) is 3. The highest BCUT2D eigenvalue weighted by molar-refractivity contribution is 7.13. The summed E-state index contributed by atoms with van der Waals surface area (Å²) >= 11 is 1.46. The summed E-state index contributed by atoms with van der Waals surface area (Å²) in [4.78, 5) is 51.2. The molecule has 4 rings (SSSR count). The van der Waals surface area contributed by atoms with E-state index >= 15 is 0 Å². The molecule has 0 radical (unpaired) electrons. The van der Waals surface area contributed by atoms with Crippen LogP contribution >= 0.6 is 11.3 Å². The van der Waals surface area contributed by atoms with Crippen molar-refractivity contribution < 1.29 is 9.59 Å². The first kappa shape index (κ1) is 17.2. The Kier molecular flexibility index (Phi) is 4.59. The van der Waals surface area contributed by atoms with E-state index in [-0.39, 0.29) is 17.4 Å². The second-order valence-electron chi connectivity index (χ2n) is 6.12. The Morgan fingerprint density at radius 3 is 2.37 bits per heavy atom. The van der Waals surface area contributed by atoms with Crippen LogP contribution < -0.4 is 5.56 Å². The molecule has 0 spiro atoms. The highest BCUT2D eigenvalue weighted by Gasteiger charge is 2.27. The molecule has 0 bridgehead atoms. The zero-order valence-electron chi connectivity index (χ0n) is 14.3. The Labute approximate surface area is 158 Å². The summed E-state index contributed by atoms with van der Waals surface area (Å²) in [7, 11) is 0. The topological polar surface area (TPSA) is 102 Å². The van der Waals surface area contributed by atoms with E-state index in [2.05, 4.69) is 15.0 Å². The van der Waals surface area contributed by atoms with Crippen LogP contribution in [0, 0.1) is 0 Å². The highest BCUT2D eigenvalue weighted by Crippen LogP contribution is 2.19. The SMILES string of the molecule is O=C(c1ccc[nH]1)N1CCN(C(=O)c2cnc(-c3cccs3)[nH]c2=O)CC1. The van der Waals surface area contributed by atoms with Gasteiger partial charge in [-0.05, 0) is 23.6 Å². The summed E-state index contributed by atoms with van der Waals surface area (Å²) in [6.45, 7) is 1.58. The number of aromatic amines is 2. The van der Waals surface area contributed by atoms with Gasteiger partial charge < -0.3 is 19.8 Å². The lowest BCUT2D eigenvalue weighted by Crippen LogP contribution is -2.51. The molecular weight excluding hydrogens is 366 g/mol. The largest absolute Gasteiger partial charge is 0.357 e. The second kappa shape index (κ2) is 7.20. The number of piperazine rings is 1. The van der Waals surface area contributed by atoms with Crippen molar-refractivity contribution in [2.75, 3.05) is 26.2 Å². The van der Waals surface area contributed by atoms with Gasteiger partial charge in [0.25, 0.3) is 17.4 Å². The molecule has 1 fully saturated rings. The summed E-state index contributed by atoms with van der Waals surface area (Å²) < 4.78 is 0. The lowest BCUT2D eigenvalue weighted by molar-refractivity contribution is 0.0531. The number of nitrogens with one attached hydrogen (secondary N) is 2. The van der Waals surface area contributed by atoms with Gasteiger partial charge in [0, 0.05) is 38.6 Å². The molecule has 0 unspecified atom stereocenters. The Hall–Kier alpha value is -3.20. The fourth-order valence-corrected chi connectivity index (χ4v) is 3.68. The van der Waals surface area contributed by atoms with Crippen LogP contribution in [0.3, 0.4) is 0 Å². The van der Waals surface area contributed by atoms with E-state index in [1.807, 2.05) is 17.5 Å². The number of carbonyl (C=O) groups excluding carboxylic acids is 2. The van der Waals surface area contributed by atoms with Crippen molar-refractivity contribution in [3.63, 3.8) is 0 Å². The summed E-state index contributed by atoms with van der Waals surface area (Å²) in [6, 6.07) is 7.21. The molecule has 0 saturated carbocycles. The smallest absolute Gasteiger partial charge is 0.270 e. The lowest BCUT2D eigenvalue weighted by Gasteiger charge is -2.34. The van der Waals surface area contributed by atoms with E-state index in [0.717, 1.165) is 4.88 Å². The maximum Gasteiger partial charge on any atom is 0.270 e. The molecule has 0 aliphatic carbocycles. The van der Waals surface area contributed by atoms with Crippen molar-refractivity contribution in [1.29, 1.82) is 0 Å². The molecule has 2 amide bonds. The van der Waals surface area contributed by atoms with E-state index in [0.29, 0.717) is 37.7 Å². The van der Waals surface area contributed by atoms with Crippen molar-refractivity contribution in [2.45, 2.75) is 0 Å². The first-order chi connectivity index (χ1) is 13.1. The Balaban J connectivity index is 1.44. The van der Waals surface area contributed by atoms with Gasteiger partial charge in [-0.1, -0.05) is 6.07 Å². The normalized spacial score (nSPS) is 14.4. The van der Waals surface area contributed by atoms with Crippen LogP contribution in [-0.4, -0.2) is 62.7 Å². The van der Waals surface area contributed by atoms with Gasteiger partial charge in [-0.15, -0.1) is 11.3 Å². The van der Waals surface area contributed by atoms with Crippen molar-refractivity contribution in [3.8, 4) is 10.7 Å². The first-order valence-corrected chi connectivity index (χ1v) is 9.36. The molecular formula is C18H17N5O3S. The van der Waals surface area contributed by atoms with Crippen LogP contribution in [0.25, 0.3) is 10.7 Å². The van der Waals surface area contributed by atoms with Crippen LogP contribution in [0.2, 0.25) is 0 Å². The van der Waals surface area contributed by atoms with Gasteiger partial charge in [-0.2, -0.15) is 0 Å². The third-order valence-corrected chi connectivity index (χ3v) is 5.34. The number of hydrogen-bond donors (Lipinski definition) is 2. The minimum absolute atomic E-state index is 0.0134. The molecule has 2 N–H and O–H groups in total. The van der Waals surface area contributed by atoms with Crippen molar-refractivity contribution in [1.82, 2.24) is 24.8 Å². The zero-order valence-corrected chi connectivity index (χ0v) is 15.2. The number of H-pyrrole nitrogens is 2. The third-order valence-electron chi connectivity index (χ3n) is 4.47. The fourth-order valence-electron chi connectivity index (χ4n) is 3.00. The summed E-state index contributed by atoms with van der Waals surface area (Å²) in [5.74, 6) is -0.00622. The van der Waals surface area contributed by atoms with Gasteiger partial charge in [0.2, 0.25) is 0 Å². The molecule has 3 aromatic rings. The number of rotatable bonds is 3. The van der Waals surface area contributed by atoms with E-state index < -0.39 is 5.56 Å². The van der Waals surface area contributed by atoms with Crippen LogP contribution in [0.1, 0.15) is 20.8 Å². The van der Waals surface area contributed by atoms with E-state index in [9.17, 15) is 14.4 Å². The predicted molar refractivity (Wildman–Crippen MR) is 101 cm³/mol. The zero-order chi connectivity index (χ0) is 18.8. The maximum absolute atomic E-state index is 12.7. The average Bonchev–Trinajstić information content (AvgIpc) is 3.41. The van der Waals surface area contributed by atoms with Gasteiger partial charge in [0.1, 0.15) is 17.1 Å². The third kappa shape index (κ3) is 3.41. The molecule has 0 atom stereocenters. The predicted octanol–water partition coefficient (Wildman–Crippen LogP) is 1.42. The number of thiophene rings is 1. The van der Waals surface area contributed by atoms with Crippen molar-refractivity contribution >= 4 is 23.2 Å². The molecule has 1 saturated heterocycles. The van der Waals surface area contributed by atoms with Crippen LogP contribution in [0.5, 0.6) is 0 Å². The van der Waals surface area contributed by atoms with Gasteiger partial charge in [-0.25, -0.2) is 4.98 Å². The summed E-state index contributed by atoms with van der Waals surface area (Å²) in [6.07, 6.45) is 3.03. The Morgan fingerprint density at radius 2 is 1.78 bits per heavy atom. The van der Waals surface area contributed by atoms with Gasteiger partial charge in [0.15, 0.2) is 0 Å². The average molecular weight is 383 g/mol. The van der Waals surface area contributed by atoms with Crippen LogP contribution in [-0.2, 0) is 0 Å². The second-order valence-corrected chi connectivity index (χ2v) is 7.07. The molecule has 1 aliphatic heterocycles. The minimum Gasteiger partial charge on any atom is -0.357 e. The van der Waals surface area contributed by atoms with Gasteiger partial charge >= 0.3 is 0 Å². The number of amides is 2. The summed E-state index contributed by atoms with van der Waals surface area (Å²) in [5.41, 5.74) is 0.0855. The van der Waals surface area contributed by atoms with Crippen molar-refractivity contribution in [2.24, 2.45) is 0 Å². The standard InChI is InChI=1S/C18H17N5O3S/c24-16-12(11-20-15(21-16)14-4-2-10-27-14)17(25)22-6-8-23(9-7-22)18(26)13-3-1-5-19-13/h1-5,10-11,19H,6-9H2,(H,20,21,24). The molecule has 138 valence electrons. The molecule has 1 aliphatic rings. The van der Waals surface area contributed by atoms with E-state index in [4.69, 9.17) is 0 Å². The Bertz CT molecular complexity index is 1000. The fraction of sp³-hybridized carbons (Fsp3) is 0.222. The van der Waals surface area contributed by atoms with Crippen LogP contribution in [0.4, 0.5) is 0 Å². The van der Waals surface area contributed by atoms with Gasteiger partial charge in [0.05, 0.1) is 4.88 Å². The minimum atomic E-state index is -0.455. The molecule has 3 aromatic heterocycles. The number of aromatic nitrogens is 3. The number of carbonyl (C=O) groups is 2. The molecule has 8 nitrogen and oxygen atoms in total. The van der Waals surface area contributed by atoms with E-state index in [1.165, 1.54) is 17.5 Å². The van der Waals surface area contributed by atoms with E-state index in [1.54, 1.807) is 28.1 Å². The van der Waals surface area contributed by atoms with Crippen LogP contribution in [0.15, 0.2) is 46.8 Å². The first-order valence-electron chi connectivity index (χ1n) is 8.48. The quantitative estimate of drug-likeness (QED) is 0.714. The molecule has 0 aromatic carbocycles. The molecule has 4 heterocycles. The maximum atomic E-state index is 12.7. The van der Waals surface area contributed by atoms with Gasteiger partial charge in [-0.3, -0.25) is 14.4 Å². The number of hydrogen-bond acceptors (Lipinski definition) is 5. The highest BCUT2D eigenvalue weighted by atomic mass is 32.1. The summed E-state index contributed by atoms with van der Waals surface area (Å²) in [5, 5.41) is 1.89. The molecule has 27 heavy (non-hydrogen) atoms. The molecule has 9 heteroatoms. The van der Waals surface area contributed by atoms with Crippen molar-refractivity contribution in [3.05, 3.63) is 63.7 Å². The monoisotopic (exact) mass is 383 g/mol. The lowest BCUT2D eigenvalue weighted by atomic mass is 10.2. The Morgan fingerprint density at radius 1 is 1.04 bits per heavy atom.